The van der Waals surface area contributed by atoms with Crippen LogP contribution in [0.5, 0.6) is 5.75 Å². The summed E-state index contributed by atoms with van der Waals surface area (Å²) < 4.78 is 18.5. The molecule has 3 N–H and O–H groups in total. The Kier molecular flexibility index (Phi) is 5.57. The van der Waals surface area contributed by atoms with Gasteiger partial charge in [-0.3, -0.25) is 9.59 Å². The van der Waals surface area contributed by atoms with Gasteiger partial charge >= 0.3 is 6.03 Å². The summed E-state index contributed by atoms with van der Waals surface area (Å²) in [4.78, 5) is 41.3. The van der Waals surface area contributed by atoms with Crippen LogP contribution in [0.25, 0.3) is 10.9 Å². The number of fused-ring (bicyclic) bond motifs is 1. The maximum Gasteiger partial charge on any atom is 0.329 e. The fourth-order valence-electron chi connectivity index (χ4n) is 3.60. The minimum Gasteiger partial charge on any atom is -0.497 e. The predicted octanol–water partition coefficient (Wildman–Crippen LogP) is 2.49. The summed E-state index contributed by atoms with van der Waals surface area (Å²) >= 11 is 0. The van der Waals surface area contributed by atoms with Gasteiger partial charge in [-0.15, -0.1) is 0 Å². The third-order valence-electron chi connectivity index (χ3n) is 5.19. The topological polar surface area (TPSA) is 104 Å². The Labute approximate surface area is 177 Å². The molecule has 1 saturated heterocycles. The molecule has 1 aromatic heterocycles. The summed E-state index contributed by atoms with van der Waals surface area (Å²) in [7, 11) is 1.52. The maximum absolute atomic E-state index is 13.5. The van der Waals surface area contributed by atoms with Crippen LogP contribution >= 0.6 is 0 Å². The van der Waals surface area contributed by atoms with E-state index in [1.54, 1.807) is 36.5 Å². The highest BCUT2D eigenvalue weighted by molar-refractivity contribution is 6.22. The zero-order chi connectivity index (χ0) is 22.0. The molecular formula is C22H21FN4O4. The zero-order valence-electron chi connectivity index (χ0n) is 16.8. The number of anilines is 1. The van der Waals surface area contributed by atoms with E-state index in [9.17, 15) is 18.8 Å². The predicted molar refractivity (Wildman–Crippen MR) is 112 cm³/mol. The Bertz CT molecular complexity index is 1140. The molecule has 4 rings (SSSR count). The second-order valence-electron chi connectivity index (χ2n) is 7.18. The lowest BCUT2D eigenvalue weighted by molar-refractivity contribution is -0.125. The highest BCUT2D eigenvalue weighted by atomic mass is 19.1. The molecule has 0 radical (unpaired) electrons. The number of imide groups is 1. The third kappa shape index (κ3) is 4.20. The number of aromatic amines is 1. The van der Waals surface area contributed by atoms with Gasteiger partial charge in [-0.25, -0.2) is 14.1 Å². The molecule has 3 aromatic rings. The van der Waals surface area contributed by atoms with Crippen LogP contribution < -0.4 is 20.3 Å². The Morgan fingerprint density at radius 3 is 2.71 bits per heavy atom. The van der Waals surface area contributed by atoms with E-state index in [-0.39, 0.29) is 18.1 Å². The summed E-state index contributed by atoms with van der Waals surface area (Å²) in [5.74, 6) is -0.572. The number of methoxy groups -OCH3 is 1. The fraction of sp³-hybridized carbons (Fsp3) is 0.227. The van der Waals surface area contributed by atoms with Crippen LogP contribution in [0.2, 0.25) is 0 Å². The number of rotatable bonds is 7. The Morgan fingerprint density at radius 2 is 1.97 bits per heavy atom. The first-order valence-electron chi connectivity index (χ1n) is 9.77. The molecule has 2 heterocycles. The summed E-state index contributed by atoms with van der Waals surface area (Å²) in [6, 6.07) is 9.47. The molecule has 31 heavy (non-hydrogen) atoms. The van der Waals surface area contributed by atoms with Crippen molar-refractivity contribution in [3.05, 3.63) is 60.0 Å². The van der Waals surface area contributed by atoms with Crippen LogP contribution in [-0.4, -0.2) is 42.5 Å². The van der Waals surface area contributed by atoms with Crippen LogP contribution in [0.15, 0.2) is 48.7 Å². The first-order chi connectivity index (χ1) is 15.0. The average Bonchev–Trinajstić information content (AvgIpc) is 3.28. The van der Waals surface area contributed by atoms with Gasteiger partial charge in [0.15, 0.2) is 0 Å². The molecule has 0 saturated carbocycles. The molecule has 8 nitrogen and oxygen atoms in total. The molecule has 1 fully saturated rings. The minimum atomic E-state index is -0.934. The molecule has 4 amide bonds. The number of nitrogens with one attached hydrogen (secondary N) is 3. The molecule has 0 unspecified atom stereocenters. The lowest BCUT2D eigenvalue weighted by Gasteiger charge is -2.13. The van der Waals surface area contributed by atoms with Crippen LogP contribution in [0.1, 0.15) is 12.0 Å². The van der Waals surface area contributed by atoms with Gasteiger partial charge in [-0.2, -0.15) is 0 Å². The normalized spacial score (nSPS) is 15.9. The number of hydrogen-bond acceptors (Lipinski definition) is 4. The lowest BCUT2D eigenvalue weighted by Crippen LogP contribution is -2.37. The van der Waals surface area contributed by atoms with Gasteiger partial charge in [0.25, 0.3) is 5.91 Å². The molecule has 1 aliphatic heterocycles. The highest BCUT2D eigenvalue weighted by Crippen LogP contribution is 2.23. The van der Waals surface area contributed by atoms with E-state index < -0.39 is 18.0 Å². The molecule has 0 bridgehead atoms. The number of ether oxygens (including phenoxy) is 1. The first kappa shape index (κ1) is 20.4. The number of benzene rings is 2. The van der Waals surface area contributed by atoms with E-state index in [4.69, 9.17) is 4.74 Å². The van der Waals surface area contributed by atoms with Gasteiger partial charge in [-0.1, -0.05) is 0 Å². The van der Waals surface area contributed by atoms with Crippen molar-refractivity contribution in [2.45, 2.75) is 18.9 Å². The van der Waals surface area contributed by atoms with E-state index in [2.05, 4.69) is 15.6 Å². The van der Waals surface area contributed by atoms with Crippen molar-refractivity contribution in [2.24, 2.45) is 0 Å². The third-order valence-corrected chi connectivity index (χ3v) is 5.19. The van der Waals surface area contributed by atoms with E-state index >= 15 is 0 Å². The first-order valence-corrected chi connectivity index (χ1v) is 9.77. The largest absolute Gasteiger partial charge is 0.497 e. The van der Waals surface area contributed by atoms with Gasteiger partial charge in [-0.05, 0) is 54.4 Å². The summed E-state index contributed by atoms with van der Waals surface area (Å²) in [6.07, 6.45) is 2.11. The molecule has 2 aromatic carbocycles. The maximum atomic E-state index is 13.5. The number of amides is 4. The monoisotopic (exact) mass is 424 g/mol. The van der Waals surface area contributed by atoms with E-state index in [1.807, 2.05) is 0 Å². The smallest absolute Gasteiger partial charge is 0.329 e. The lowest BCUT2D eigenvalue weighted by atomic mass is 10.1. The molecule has 1 atom stereocenters. The molecular weight excluding hydrogens is 403 g/mol. The molecule has 9 heteroatoms. The summed E-state index contributed by atoms with van der Waals surface area (Å²) in [5, 5.41) is 6.06. The molecule has 0 spiro atoms. The summed E-state index contributed by atoms with van der Waals surface area (Å²) in [5.41, 5.74) is 2.10. The standard InChI is InChI=1S/C22H21FN4O4/c1-31-16-5-3-15(4-6-16)27-21(29)19(26-22(27)30)11-20(28)24-9-8-13-12-25-18-7-2-14(23)10-17(13)18/h2-7,10,12,19,25H,8-9,11H2,1H3,(H,24,28)(H,26,30)/t19-/m1/s1. The van der Waals surface area contributed by atoms with Crippen molar-refractivity contribution in [3.63, 3.8) is 0 Å². The number of carbonyl (C=O) groups is 3. The second kappa shape index (κ2) is 8.47. The number of halogens is 1. The van der Waals surface area contributed by atoms with Gasteiger partial charge in [0.2, 0.25) is 5.91 Å². The number of H-pyrrole nitrogens is 1. The van der Waals surface area contributed by atoms with Gasteiger partial charge in [0, 0.05) is 23.6 Å². The van der Waals surface area contributed by atoms with E-state index in [0.29, 0.717) is 24.4 Å². The van der Waals surface area contributed by atoms with Crippen LogP contribution in [0.3, 0.4) is 0 Å². The summed E-state index contributed by atoms with van der Waals surface area (Å²) in [6.45, 7) is 0.319. The van der Waals surface area contributed by atoms with Crippen molar-refractivity contribution in [1.82, 2.24) is 15.6 Å². The molecule has 160 valence electrons. The van der Waals surface area contributed by atoms with Gasteiger partial charge in [0.1, 0.15) is 17.6 Å². The number of nitrogens with zero attached hydrogens (tertiary/aromatic N) is 1. The van der Waals surface area contributed by atoms with Crippen LogP contribution in [0, 0.1) is 5.82 Å². The Balaban J connectivity index is 1.32. The highest BCUT2D eigenvalue weighted by Gasteiger charge is 2.40. The van der Waals surface area contributed by atoms with Gasteiger partial charge < -0.3 is 20.4 Å². The van der Waals surface area contributed by atoms with Crippen molar-refractivity contribution in [3.8, 4) is 5.75 Å². The van der Waals surface area contributed by atoms with Crippen molar-refractivity contribution in [2.75, 3.05) is 18.6 Å². The van der Waals surface area contributed by atoms with Crippen LogP contribution in [-0.2, 0) is 16.0 Å². The number of aromatic nitrogens is 1. The molecule has 1 aliphatic rings. The van der Waals surface area contributed by atoms with Gasteiger partial charge in [0.05, 0.1) is 19.2 Å². The number of hydrogen-bond donors (Lipinski definition) is 3. The minimum absolute atomic E-state index is 0.167. The van der Waals surface area contributed by atoms with Crippen LogP contribution in [0.4, 0.5) is 14.9 Å². The van der Waals surface area contributed by atoms with E-state index in [1.165, 1.54) is 19.2 Å². The Morgan fingerprint density at radius 1 is 1.19 bits per heavy atom. The number of urea groups is 1. The van der Waals surface area contributed by atoms with Crippen molar-refractivity contribution >= 4 is 34.4 Å². The second-order valence-corrected chi connectivity index (χ2v) is 7.18. The zero-order valence-corrected chi connectivity index (χ0v) is 16.8. The quantitative estimate of drug-likeness (QED) is 0.507. The van der Waals surface area contributed by atoms with Crippen molar-refractivity contribution in [1.29, 1.82) is 0 Å². The number of carbonyl (C=O) groups excluding carboxylic acids is 3. The molecule has 0 aliphatic carbocycles. The van der Waals surface area contributed by atoms with Crippen molar-refractivity contribution < 1.29 is 23.5 Å². The fourth-order valence-corrected chi connectivity index (χ4v) is 3.60. The van der Waals surface area contributed by atoms with E-state index in [0.717, 1.165) is 21.4 Å². The average molecular weight is 424 g/mol. The SMILES string of the molecule is COc1ccc(N2C(=O)N[C@H](CC(=O)NCCc3c[nH]c4ccc(F)cc34)C2=O)cc1. The Hall–Kier alpha value is -3.88.